The van der Waals surface area contributed by atoms with Crippen LogP contribution in [-0.4, -0.2) is 29.3 Å². The Kier molecular flexibility index (Phi) is 6.32. The highest BCUT2D eigenvalue weighted by Gasteiger charge is 2.34. The molecule has 1 aromatic carbocycles. The summed E-state index contributed by atoms with van der Waals surface area (Å²) in [6.45, 7) is 7.00. The molecule has 0 spiro atoms. The largest absolute Gasteiger partial charge is 0.348 e. The van der Waals surface area contributed by atoms with Gasteiger partial charge in [0.15, 0.2) is 0 Å². The summed E-state index contributed by atoms with van der Waals surface area (Å²) in [4.78, 5) is 28.3. The van der Waals surface area contributed by atoms with E-state index in [1.807, 2.05) is 24.4 Å². The lowest BCUT2D eigenvalue weighted by Gasteiger charge is -2.25. The summed E-state index contributed by atoms with van der Waals surface area (Å²) in [5.74, 6) is 0.488. The second-order valence-electron chi connectivity index (χ2n) is 7.55. The molecular formula is C22H28N2O2S. The van der Waals surface area contributed by atoms with Crippen molar-refractivity contribution in [1.29, 1.82) is 0 Å². The van der Waals surface area contributed by atoms with Crippen LogP contribution in [0.4, 0.5) is 0 Å². The molecular weight excluding hydrogens is 356 g/mol. The van der Waals surface area contributed by atoms with Crippen LogP contribution in [-0.2, 0) is 16.0 Å². The van der Waals surface area contributed by atoms with Crippen molar-refractivity contribution in [3.05, 3.63) is 57.8 Å². The number of thiophene rings is 1. The summed E-state index contributed by atoms with van der Waals surface area (Å²) >= 11 is 1.58. The van der Waals surface area contributed by atoms with Crippen molar-refractivity contribution in [2.75, 3.05) is 6.54 Å². The highest BCUT2D eigenvalue weighted by Crippen LogP contribution is 2.22. The lowest BCUT2D eigenvalue weighted by atomic mass is 9.99. The van der Waals surface area contributed by atoms with Crippen molar-refractivity contribution < 1.29 is 9.59 Å². The van der Waals surface area contributed by atoms with Gasteiger partial charge < -0.3 is 10.2 Å². The molecule has 2 unspecified atom stereocenters. The van der Waals surface area contributed by atoms with E-state index in [2.05, 4.69) is 43.4 Å². The number of likely N-dealkylation sites (tertiary alicyclic amines) is 1. The molecule has 2 amide bonds. The Labute approximate surface area is 165 Å². The van der Waals surface area contributed by atoms with E-state index in [1.165, 1.54) is 5.56 Å². The van der Waals surface area contributed by atoms with E-state index < -0.39 is 0 Å². The van der Waals surface area contributed by atoms with Gasteiger partial charge in [0.2, 0.25) is 11.8 Å². The fraction of sp³-hybridized carbons (Fsp3) is 0.455. The smallest absolute Gasteiger partial charge is 0.243 e. The molecule has 144 valence electrons. The van der Waals surface area contributed by atoms with E-state index in [0.29, 0.717) is 18.9 Å². The minimum Gasteiger partial charge on any atom is -0.348 e. The van der Waals surface area contributed by atoms with Crippen LogP contribution >= 0.6 is 11.3 Å². The van der Waals surface area contributed by atoms with Crippen molar-refractivity contribution in [1.82, 2.24) is 10.2 Å². The Morgan fingerprint density at radius 2 is 1.85 bits per heavy atom. The Balaban J connectivity index is 1.61. The molecule has 0 saturated carbocycles. The molecule has 2 heterocycles. The van der Waals surface area contributed by atoms with Crippen molar-refractivity contribution in [3.63, 3.8) is 0 Å². The Morgan fingerprint density at radius 3 is 2.48 bits per heavy atom. The van der Waals surface area contributed by atoms with Gasteiger partial charge in [-0.3, -0.25) is 9.59 Å². The minimum absolute atomic E-state index is 0.0454. The number of carbonyl (C=O) groups excluding carboxylic acids is 2. The predicted molar refractivity (Wildman–Crippen MR) is 110 cm³/mol. The van der Waals surface area contributed by atoms with Crippen LogP contribution in [0.15, 0.2) is 41.8 Å². The zero-order valence-corrected chi connectivity index (χ0v) is 17.1. The summed E-state index contributed by atoms with van der Waals surface area (Å²) in [7, 11) is 0. The molecule has 4 nitrogen and oxygen atoms in total. The predicted octanol–water partition coefficient (Wildman–Crippen LogP) is 4.28. The van der Waals surface area contributed by atoms with Gasteiger partial charge in [0.25, 0.3) is 0 Å². The molecule has 1 aromatic heterocycles. The summed E-state index contributed by atoms with van der Waals surface area (Å²) in [5.41, 5.74) is 2.38. The van der Waals surface area contributed by atoms with Gasteiger partial charge in [-0.2, -0.15) is 0 Å². The van der Waals surface area contributed by atoms with Gasteiger partial charge in [-0.15, -0.1) is 11.3 Å². The maximum absolute atomic E-state index is 12.8. The molecule has 1 aliphatic heterocycles. The van der Waals surface area contributed by atoms with Crippen LogP contribution in [0.25, 0.3) is 0 Å². The number of hydrogen-bond donors (Lipinski definition) is 1. The van der Waals surface area contributed by atoms with Gasteiger partial charge in [-0.1, -0.05) is 44.2 Å². The molecule has 2 atom stereocenters. The molecule has 1 aliphatic rings. The maximum Gasteiger partial charge on any atom is 0.243 e. The first kappa shape index (κ1) is 19.6. The zero-order chi connectivity index (χ0) is 19.4. The Morgan fingerprint density at radius 1 is 1.15 bits per heavy atom. The quantitative estimate of drug-likeness (QED) is 0.808. The molecule has 0 aliphatic carbocycles. The minimum atomic E-state index is -0.352. The van der Waals surface area contributed by atoms with Crippen LogP contribution in [0.2, 0.25) is 0 Å². The molecule has 0 radical (unpaired) electrons. The summed E-state index contributed by atoms with van der Waals surface area (Å²) in [6, 6.07) is 11.9. The number of rotatable bonds is 6. The van der Waals surface area contributed by atoms with Crippen LogP contribution in [0.1, 0.15) is 61.6 Å². The van der Waals surface area contributed by atoms with E-state index in [0.717, 1.165) is 23.3 Å². The van der Waals surface area contributed by atoms with Crippen LogP contribution in [0.5, 0.6) is 0 Å². The van der Waals surface area contributed by atoms with E-state index in [4.69, 9.17) is 0 Å². The number of nitrogens with zero attached hydrogens (tertiary/aromatic N) is 1. The lowest BCUT2D eigenvalue weighted by Crippen LogP contribution is -2.46. The standard InChI is InChI=1S/C22H28N2O2S/c1-15(2)17-8-10-18(11-9-17)16(3)23-22(26)20-7-4-12-24(20)21(25)14-19-6-5-13-27-19/h5-6,8-11,13,15-16,20H,4,7,12,14H2,1-3H3,(H,23,26). The van der Waals surface area contributed by atoms with E-state index >= 15 is 0 Å². The molecule has 3 rings (SSSR count). The number of hydrogen-bond acceptors (Lipinski definition) is 3. The third-order valence-electron chi connectivity index (χ3n) is 5.24. The van der Waals surface area contributed by atoms with Gasteiger partial charge in [-0.25, -0.2) is 0 Å². The number of amides is 2. The summed E-state index contributed by atoms with van der Waals surface area (Å²) in [5, 5.41) is 5.08. The van der Waals surface area contributed by atoms with Crippen molar-refractivity contribution >= 4 is 23.2 Å². The highest BCUT2D eigenvalue weighted by atomic mass is 32.1. The number of benzene rings is 1. The summed E-state index contributed by atoms with van der Waals surface area (Å²) in [6.07, 6.45) is 2.00. The molecule has 5 heteroatoms. The fourth-order valence-corrected chi connectivity index (χ4v) is 4.26. The van der Waals surface area contributed by atoms with Crippen molar-refractivity contribution in [3.8, 4) is 0 Å². The van der Waals surface area contributed by atoms with Crippen molar-refractivity contribution in [2.24, 2.45) is 0 Å². The number of nitrogens with one attached hydrogen (secondary N) is 1. The van der Waals surface area contributed by atoms with Crippen molar-refractivity contribution in [2.45, 2.75) is 58.0 Å². The second kappa shape index (κ2) is 8.70. The van der Waals surface area contributed by atoms with Crippen LogP contribution < -0.4 is 5.32 Å². The lowest BCUT2D eigenvalue weighted by molar-refractivity contribution is -0.138. The SMILES string of the molecule is CC(C)c1ccc(C(C)NC(=O)C2CCCN2C(=O)Cc2cccs2)cc1. The molecule has 1 fully saturated rings. The average Bonchev–Trinajstić information content (AvgIpc) is 3.33. The summed E-state index contributed by atoms with van der Waals surface area (Å²) < 4.78 is 0. The van der Waals surface area contributed by atoms with Gasteiger partial charge in [0, 0.05) is 11.4 Å². The van der Waals surface area contributed by atoms with Gasteiger partial charge in [-0.05, 0) is 48.3 Å². The highest BCUT2D eigenvalue weighted by molar-refractivity contribution is 7.10. The first-order valence-corrected chi connectivity index (χ1v) is 10.6. The van der Waals surface area contributed by atoms with E-state index in [1.54, 1.807) is 16.2 Å². The Hall–Kier alpha value is -2.14. The Bertz CT molecular complexity index is 768. The van der Waals surface area contributed by atoms with E-state index in [9.17, 15) is 9.59 Å². The third kappa shape index (κ3) is 4.78. The third-order valence-corrected chi connectivity index (χ3v) is 6.12. The second-order valence-corrected chi connectivity index (χ2v) is 8.59. The molecule has 1 saturated heterocycles. The monoisotopic (exact) mass is 384 g/mol. The molecule has 1 N–H and O–H groups in total. The van der Waals surface area contributed by atoms with E-state index in [-0.39, 0.29) is 23.9 Å². The normalized spacial score (nSPS) is 17.9. The van der Waals surface area contributed by atoms with Crippen LogP contribution in [0.3, 0.4) is 0 Å². The fourth-order valence-electron chi connectivity index (χ4n) is 3.56. The molecule has 27 heavy (non-hydrogen) atoms. The maximum atomic E-state index is 12.8. The number of carbonyl (C=O) groups is 2. The van der Waals surface area contributed by atoms with Gasteiger partial charge in [0.1, 0.15) is 6.04 Å². The van der Waals surface area contributed by atoms with Crippen LogP contribution in [0, 0.1) is 0 Å². The first-order valence-electron chi connectivity index (χ1n) is 9.67. The molecule has 0 bridgehead atoms. The first-order chi connectivity index (χ1) is 13.0. The topological polar surface area (TPSA) is 49.4 Å². The zero-order valence-electron chi connectivity index (χ0n) is 16.3. The van der Waals surface area contributed by atoms with Gasteiger partial charge in [0.05, 0.1) is 12.5 Å². The van der Waals surface area contributed by atoms with Gasteiger partial charge >= 0.3 is 0 Å². The molecule has 2 aromatic rings. The average molecular weight is 385 g/mol.